The van der Waals surface area contributed by atoms with E-state index in [4.69, 9.17) is 5.11 Å². The molecule has 3 rings (SSSR count). The molecule has 1 amide bonds. The van der Waals surface area contributed by atoms with Crippen molar-refractivity contribution in [2.45, 2.75) is 25.3 Å². The van der Waals surface area contributed by atoms with Crippen molar-refractivity contribution in [1.29, 1.82) is 0 Å². The number of aromatic carboxylic acids is 1. The predicted molar refractivity (Wildman–Crippen MR) is 66.1 cm³/mol. The lowest BCUT2D eigenvalue weighted by molar-refractivity contribution is -0.117. The lowest BCUT2D eigenvalue weighted by Gasteiger charge is -2.40. The molecular weight excluding hydrogens is 234 g/mol. The molecule has 18 heavy (non-hydrogen) atoms. The van der Waals surface area contributed by atoms with E-state index in [2.05, 4.69) is 4.98 Å². The number of nitrogens with zero attached hydrogens (tertiary/aromatic N) is 2. The first-order chi connectivity index (χ1) is 8.46. The molecule has 2 heterocycles. The van der Waals surface area contributed by atoms with Gasteiger partial charge in [-0.1, -0.05) is 0 Å². The Labute approximate surface area is 104 Å². The van der Waals surface area contributed by atoms with E-state index in [1.165, 1.54) is 6.92 Å². The van der Waals surface area contributed by atoms with Crippen LogP contribution in [0, 0.1) is 0 Å². The Hall–Kier alpha value is -1.98. The van der Waals surface area contributed by atoms with Gasteiger partial charge in [-0.05, 0) is 12.8 Å². The maximum atomic E-state index is 11.8. The molecule has 1 spiro atoms. The van der Waals surface area contributed by atoms with Gasteiger partial charge < -0.3 is 19.9 Å². The number of hydrogen-bond acceptors (Lipinski definition) is 3. The highest BCUT2D eigenvalue weighted by molar-refractivity contribution is 6.04. The van der Waals surface area contributed by atoms with Crippen molar-refractivity contribution in [2.24, 2.45) is 0 Å². The number of hydrogen-bond donors (Lipinski definition) is 2. The topological polar surface area (TPSA) is 76.6 Å². The Bertz CT molecular complexity index is 545. The second-order valence-corrected chi connectivity index (χ2v) is 5.14. The largest absolute Gasteiger partial charge is 0.477 e. The number of H-pyrrole nitrogens is 1. The normalized spacial score (nSPS) is 19.9. The van der Waals surface area contributed by atoms with Crippen LogP contribution in [0.5, 0.6) is 0 Å². The Morgan fingerprint density at radius 1 is 1.44 bits per heavy atom. The molecule has 1 aromatic heterocycles. The van der Waals surface area contributed by atoms with Crippen LogP contribution in [0.1, 0.15) is 30.3 Å². The summed E-state index contributed by atoms with van der Waals surface area (Å²) in [6, 6.07) is 0. The van der Waals surface area contributed by atoms with Crippen molar-refractivity contribution in [3.63, 3.8) is 0 Å². The highest BCUT2D eigenvalue weighted by atomic mass is 16.4. The number of carbonyl (C=O) groups excluding carboxylic acids is 1. The minimum absolute atomic E-state index is 0.0298. The molecule has 1 aliphatic carbocycles. The average molecular weight is 249 g/mol. The number of fused-ring (bicyclic) bond motifs is 1. The Morgan fingerprint density at radius 3 is 2.61 bits per heavy atom. The fourth-order valence-electron chi connectivity index (χ4n) is 3.00. The number of carbonyl (C=O) groups is 2. The molecule has 0 saturated heterocycles. The molecule has 1 fully saturated rings. The monoisotopic (exact) mass is 249 g/mol. The maximum Gasteiger partial charge on any atom is 0.354 e. The zero-order chi connectivity index (χ0) is 13.1. The van der Waals surface area contributed by atoms with Gasteiger partial charge in [-0.3, -0.25) is 4.79 Å². The van der Waals surface area contributed by atoms with Crippen molar-refractivity contribution in [1.82, 2.24) is 4.98 Å². The molecule has 0 aromatic carbocycles. The third-order valence-electron chi connectivity index (χ3n) is 3.82. The van der Waals surface area contributed by atoms with E-state index in [0.717, 1.165) is 12.8 Å². The standard InChI is InChI=1S/C12H15N3O3/c1-7(16)15-8-5-13-9(11(17)18)10(8)14(2)6-12(15)3-4-12/h5,13H,3-4,6H2,1-2H3,(H,17,18). The van der Waals surface area contributed by atoms with Crippen molar-refractivity contribution >= 4 is 23.3 Å². The van der Waals surface area contributed by atoms with E-state index >= 15 is 0 Å². The van der Waals surface area contributed by atoms with Gasteiger partial charge in [0, 0.05) is 26.7 Å². The summed E-state index contributed by atoms with van der Waals surface area (Å²) in [5.74, 6) is -1.03. The van der Waals surface area contributed by atoms with Gasteiger partial charge in [-0.2, -0.15) is 0 Å². The lowest BCUT2D eigenvalue weighted by atomic mass is 10.1. The number of anilines is 2. The fraction of sp³-hybridized carbons (Fsp3) is 0.500. The van der Waals surface area contributed by atoms with Crippen LogP contribution in [0.15, 0.2) is 6.20 Å². The average Bonchev–Trinajstić information content (AvgIpc) is 2.87. The first kappa shape index (κ1) is 11.1. The van der Waals surface area contributed by atoms with Gasteiger partial charge in [0.25, 0.3) is 0 Å². The van der Waals surface area contributed by atoms with Gasteiger partial charge in [-0.25, -0.2) is 4.79 Å². The van der Waals surface area contributed by atoms with Gasteiger partial charge in [0.05, 0.1) is 16.9 Å². The molecule has 0 atom stereocenters. The van der Waals surface area contributed by atoms with Gasteiger partial charge in [0.1, 0.15) is 0 Å². The highest BCUT2D eigenvalue weighted by Gasteiger charge is 2.54. The van der Waals surface area contributed by atoms with E-state index in [1.807, 2.05) is 11.9 Å². The number of nitrogens with one attached hydrogen (secondary N) is 1. The zero-order valence-corrected chi connectivity index (χ0v) is 10.4. The lowest BCUT2D eigenvalue weighted by Crippen LogP contribution is -2.51. The number of likely N-dealkylation sites (N-methyl/N-ethyl adjacent to an activating group) is 1. The minimum Gasteiger partial charge on any atom is -0.477 e. The molecule has 0 radical (unpaired) electrons. The number of carboxylic acid groups (broad SMARTS) is 1. The molecule has 1 aromatic rings. The molecule has 0 bridgehead atoms. The first-order valence-electron chi connectivity index (χ1n) is 5.93. The van der Waals surface area contributed by atoms with Crippen molar-refractivity contribution in [2.75, 3.05) is 23.4 Å². The summed E-state index contributed by atoms with van der Waals surface area (Å²) >= 11 is 0. The molecular formula is C12H15N3O3. The van der Waals surface area contributed by atoms with Crippen LogP contribution in [0.25, 0.3) is 0 Å². The number of rotatable bonds is 1. The van der Waals surface area contributed by atoms with Crippen LogP contribution in [0.3, 0.4) is 0 Å². The molecule has 6 heteroatoms. The number of aromatic amines is 1. The van der Waals surface area contributed by atoms with E-state index in [9.17, 15) is 9.59 Å². The Morgan fingerprint density at radius 2 is 2.11 bits per heavy atom. The minimum atomic E-state index is -1.00. The molecule has 6 nitrogen and oxygen atoms in total. The highest BCUT2D eigenvalue weighted by Crippen LogP contribution is 2.52. The van der Waals surface area contributed by atoms with Crippen LogP contribution < -0.4 is 9.80 Å². The smallest absolute Gasteiger partial charge is 0.354 e. The first-order valence-corrected chi connectivity index (χ1v) is 5.93. The Balaban J connectivity index is 2.16. The van der Waals surface area contributed by atoms with Crippen molar-refractivity contribution in [3.8, 4) is 0 Å². The second kappa shape index (κ2) is 3.28. The summed E-state index contributed by atoms with van der Waals surface area (Å²) in [4.78, 5) is 29.5. The SMILES string of the molecule is CC(=O)N1c2c[nH]c(C(=O)O)c2N(C)CC12CC2. The number of aromatic nitrogens is 1. The summed E-state index contributed by atoms with van der Waals surface area (Å²) < 4.78 is 0. The predicted octanol–water partition coefficient (Wildman–Crippen LogP) is 1.05. The van der Waals surface area contributed by atoms with Gasteiger partial charge in [-0.15, -0.1) is 0 Å². The number of amides is 1. The summed E-state index contributed by atoms with van der Waals surface area (Å²) in [6.45, 7) is 2.22. The molecule has 2 aliphatic rings. The van der Waals surface area contributed by atoms with Crippen LogP contribution in [0.4, 0.5) is 11.4 Å². The van der Waals surface area contributed by atoms with Crippen molar-refractivity contribution in [3.05, 3.63) is 11.9 Å². The number of carboxylic acids is 1. The quantitative estimate of drug-likeness (QED) is 0.780. The maximum absolute atomic E-state index is 11.8. The summed E-state index contributed by atoms with van der Waals surface area (Å²) in [6.07, 6.45) is 3.57. The van der Waals surface area contributed by atoms with Crippen LogP contribution in [-0.4, -0.2) is 41.1 Å². The van der Waals surface area contributed by atoms with Crippen LogP contribution in [0.2, 0.25) is 0 Å². The van der Waals surface area contributed by atoms with Gasteiger partial charge in [0.15, 0.2) is 5.69 Å². The van der Waals surface area contributed by atoms with E-state index < -0.39 is 5.97 Å². The second-order valence-electron chi connectivity index (χ2n) is 5.14. The zero-order valence-electron chi connectivity index (χ0n) is 10.4. The molecule has 1 aliphatic heterocycles. The van der Waals surface area contributed by atoms with Crippen LogP contribution >= 0.6 is 0 Å². The molecule has 2 N–H and O–H groups in total. The Kier molecular flexibility index (Phi) is 2.03. The third kappa shape index (κ3) is 1.28. The van der Waals surface area contributed by atoms with E-state index in [0.29, 0.717) is 17.9 Å². The van der Waals surface area contributed by atoms with Gasteiger partial charge >= 0.3 is 5.97 Å². The van der Waals surface area contributed by atoms with Crippen molar-refractivity contribution < 1.29 is 14.7 Å². The molecule has 96 valence electrons. The summed E-state index contributed by atoms with van der Waals surface area (Å²) in [5, 5.41) is 9.16. The third-order valence-corrected chi connectivity index (χ3v) is 3.82. The summed E-state index contributed by atoms with van der Waals surface area (Å²) in [5.41, 5.74) is 1.32. The van der Waals surface area contributed by atoms with E-state index in [1.54, 1.807) is 11.1 Å². The fourth-order valence-corrected chi connectivity index (χ4v) is 3.00. The molecule has 0 unspecified atom stereocenters. The molecule has 1 saturated carbocycles. The van der Waals surface area contributed by atoms with Crippen LogP contribution in [-0.2, 0) is 4.79 Å². The van der Waals surface area contributed by atoms with Gasteiger partial charge in [0.2, 0.25) is 5.91 Å². The summed E-state index contributed by atoms with van der Waals surface area (Å²) in [7, 11) is 1.87. The van der Waals surface area contributed by atoms with E-state index in [-0.39, 0.29) is 17.1 Å².